The van der Waals surface area contributed by atoms with Gasteiger partial charge in [0, 0.05) is 63.6 Å². The molecule has 3 saturated heterocycles. The molecular formula is C55H70N10O10S3. The number of carbonyl (C=O) groups excluding carboxylic acids is 3. The van der Waals surface area contributed by atoms with Gasteiger partial charge in [-0.1, -0.05) is 56.7 Å². The molecule has 5 aliphatic rings. The van der Waals surface area contributed by atoms with Gasteiger partial charge in [0.25, 0.3) is 5.88 Å². The summed E-state index contributed by atoms with van der Waals surface area (Å²) in [5.74, 6) is 0.206. The Morgan fingerprint density at radius 1 is 1.00 bits per heavy atom. The highest BCUT2D eigenvalue weighted by atomic mass is 33.1. The fourth-order valence-electron chi connectivity index (χ4n) is 11.6. The maximum atomic E-state index is 14.8. The average molecular weight is 1130 g/mol. The molecule has 0 radical (unpaired) electrons. The molecule has 7 heterocycles. The minimum Gasteiger partial charge on any atom is -0.507 e. The van der Waals surface area contributed by atoms with Crippen LogP contribution in [-0.2, 0) is 27.9 Å². The second-order valence-corrected chi connectivity index (χ2v) is 27.5. The highest BCUT2D eigenvalue weighted by Gasteiger charge is 2.47. The summed E-state index contributed by atoms with van der Waals surface area (Å²) in [6.07, 6.45) is 3.45. The number of aryl methyl sites for hydroxylation is 1. The number of piperidine rings is 1. The number of benzene rings is 2. The summed E-state index contributed by atoms with van der Waals surface area (Å²) in [5.41, 5.74) is 7.00. The molecule has 78 heavy (non-hydrogen) atoms. The molecule has 4 fully saturated rings. The van der Waals surface area contributed by atoms with E-state index in [0.29, 0.717) is 55.0 Å². The maximum absolute atomic E-state index is 14.8. The van der Waals surface area contributed by atoms with Crippen molar-refractivity contribution in [2.45, 2.75) is 101 Å². The van der Waals surface area contributed by atoms with E-state index in [4.69, 9.17) is 18.7 Å². The summed E-state index contributed by atoms with van der Waals surface area (Å²) in [6.45, 7) is 15.1. The smallest absolute Gasteiger partial charge is 0.507 e. The lowest BCUT2D eigenvalue weighted by Crippen LogP contribution is -2.58. The number of para-hydroxylation sites is 1. The number of nitrogens with one attached hydrogen (secondary N) is 2. The number of aromatic hydroxyl groups is 1. The first kappa shape index (κ1) is 55.3. The predicted molar refractivity (Wildman–Crippen MR) is 298 cm³/mol. The highest BCUT2D eigenvalue weighted by Crippen LogP contribution is 2.47. The van der Waals surface area contributed by atoms with Crippen LogP contribution in [0, 0.1) is 18.8 Å². The molecular weight excluding hydrogens is 1060 g/mol. The Balaban J connectivity index is 0.722. The molecule has 3 N–H and O–H groups in total. The lowest BCUT2D eigenvalue weighted by atomic mass is 9.85. The monoisotopic (exact) mass is 1130 g/mol. The van der Waals surface area contributed by atoms with Crippen LogP contribution in [0.3, 0.4) is 0 Å². The van der Waals surface area contributed by atoms with E-state index in [1.54, 1.807) is 29.5 Å². The topological polar surface area (TPSA) is 235 Å². The van der Waals surface area contributed by atoms with Crippen molar-refractivity contribution in [3.8, 4) is 33.3 Å². The summed E-state index contributed by atoms with van der Waals surface area (Å²) in [7, 11) is -2.59. The first-order valence-electron chi connectivity index (χ1n) is 27.0. The standard InChI is InChI=1S/C55H70N10O10S3/c1-34(2)49(47-27-48(61-75-47)72-24-23-62-19-15-37(16-20-62)29-63-21-22-64-40(30-63)28-56-51-44(64)26-43(59-60-51)42-9-6-7-10-46(42)66)53(68)65-31-41(74-54(69)73-32-55(17-8-18-55)77-78(5,70)71)25-45(65)52(67)58-35(3)38-11-13-39(14-12-38)50-36(4)57-33-76-50/h6-7,9-14,26-27,33-35,37,40-41,45,49,66H,8,15-25,28-32H2,1-5H3,(H,56,60)(H,58,67)/t35-,40-,41+,45-,49+/m0/s1. The molecule has 1 saturated carbocycles. The largest absolute Gasteiger partial charge is 0.508 e. The SMILES string of the molecule is Cc1ncsc1-c1ccc([C@H](C)NC(=O)[C@@H]2C[C@@H](OC(=O)OCC3(SS(C)(=O)=O)CCC3)CN2C(=O)[C@@H](c2cc(OCCN3CCC(CN4CCN5c6cc(-c7ccccc7O)nnc6NC[C@H]5C4)CC3)no2)C(C)C)cc1. The van der Waals surface area contributed by atoms with E-state index in [2.05, 4.69) is 45.7 Å². The Morgan fingerprint density at radius 3 is 2.49 bits per heavy atom. The lowest BCUT2D eigenvalue weighted by molar-refractivity contribution is -0.141. The number of nitrogens with zero attached hydrogens (tertiary/aromatic N) is 8. The Hall–Kier alpha value is -6.01. The first-order chi connectivity index (χ1) is 37.5. The van der Waals surface area contributed by atoms with Gasteiger partial charge in [-0.05, 0) is 110 Å². The number of aromatic nitrogens is 4. The van der Waals surface area contributed by atoms with Crippen molar-refractivity contribution >= 4 is 60.5 Å². The van der Waals surface area contributed by atoms with E-state index in [-0.39, 0.29) is 43.0 Å². The van der Waals surface area contributed by atoms with Crippen molar-refractivity contribution in [1.82, 2.24) is 40.4 Å². The molecule has 10 rings (SSSR count). The van der Waals surface area contributed by atoms with Crippen molar-refractivity contribution < 1.29 is 46.6 Å². The normalized spacial score (nSPS) is 21.4. The molecule has 4 aliphatic heterocycles. The predicted octanol–water partition coefficient (Wildman–Crippen LogP) is 7.33. The van der Waals surface area contributed by atoms with Gasteiger partial charge in [0.2, 0.25) is 11.8 Å². The second-order valence-electron chi connectivity index (χ2n) is 21.9. The van der Waals surface area contributed by atoms with Gasteiger partial charge in [0.1, 0.15) is 37.0 Å². The third-order valence-corrected chi connectivity index (χ3v) is 20.0. The number of phenolic OH excluding ortho intramolecular Hbond substituents is 1. The van der Waals surface area contributed by atoms with E-state index < -0.39 is 49.8 Å². The number of anilines is 2. The number of fused-ring (bicyclic) bond motifs is 3. The lowest BCUT2D eigenvalue weighted by Gasteiger charge is -2.47. The van der Waals surface area contributed by atoms with Gasteiger partial charge in [-0.3, -0.25) is 19.4 Å². The third kappa shape index (κ3) is 12.9. The Morgan fingerprint density at radius 2 is 1.78 bits per heavy atom. The molecule has 5 aromatic rings. The second kappa shape index (κ2) is 23.8. The number of ether oxygens (including phenoxy) is 3. The zero-order valence-electron chi connectivity index (χ0n) is 44.8. The van der Waals surface area contributed by atoms with Crippen LogP contribution < -0.4 is 20.3 Å². The molecule has 0 unspecified atom stereocenters. The summed E-state index contributed by atoms with van der Waals surface area (Å²) in [4.78, 5) is 56.7. The summed E-state index contributed by atoms with van der Waals surface area (Å²) in [5, 5.41) is 30.1. The Kier molecular flexibility index (Phi) is 16.8. The molecule has 23 heteroatoms. The molecule has 2 aromatic carbocycles. The quantitative estimate of drug-likeness (QED) is 0.0542. The van der Waals surface area contributed by atoms with Crippen LogP contribution in [0.15, 0.2) is 70.7 Å². The molecule has 20 nitrogen and oxygen atoms in total. The van der Waals surface area contributed by atoms with Gasteiger partial charge >= 0.3 is 6.16 Å². The van der Waals surface area contributed by atoms with Crippen LogP contribution in [-0.4, -0.2) is 168 Å². The molecule has 5 atom stereocenters. The molecule has 2 amide bonds. The van der Waals surface area contributed by atoms with E-state index >= 15 is 0 Å². The van der Waals surface area contributed by atoms with Gasteiger partial charge in [-0.2, -0.15) is 0 Å². The van der Waals surface area contributed by atoms with Crippen molar-refractivity contribution in [2.24, 2.45) is 11.8 Å². The molecule has 3 aromatic heterocycles. The summed E-state index contributed by atoms with van der Waals surface area (Å²) < 4.78 is 46.8. The fraction of sp³-hybridized carbons (Fsp3) is 0.545. The fourth-order valence-corrected chi connectivity index (χ4v) is 16.1. The Labute approximate surface area is 463 Å². The molecule has 1 aliphatic carbocycles. The summed E-state index contributed by atoms with van der Waals surface area (Å²) in [6, 6.07) is 17.7. The molecule has 0 spiro atoms. The van der Waals surface area contributed by atoms with E-state index in [9.17, 15) is 27.9 Å². The van der Waals surface area contributed by atoms with E-state index in [0.717, 1.165) is 115 Å². The van der Waals surface area contributed by atoms with Crippen molar-refractivity contribution in [2.75, 3.05) is 88.6 Å². The number of rotatable bonds is 19. The third-order valence-electron chi connectivity index (χ3n) is 15.9. The van der Waals surface area contributed by atoms with Crippen LogP contribution in [0.2, 0.25) is 0 Å². The number of hydrogen-bond acceptors (Lipinski definition) is 20. The van der Waals surface area contributed by atoms with Crippen molar-refractivity contribution in [3.05, 3.63) is 83.2 Å². The number of carbonyl (C=O) groups is 3. The number of thiazole rings is 1. The molecule has 0 bridgehead atoms. The van der Waals surface area contributed by atoms with Crippen LogP contribution in [0.5, 0.6) is 11.6 Å². The number of likely N-dealkylation sites (tertiary alicyclic amines) is 2. The van der Waals surface area contributed by atoms with Crippen LogP contribution >= 0.6 is 22.1 Å². The van der Waals surface area contributed by atoms with Gasteiger partial charge in [0.15, 0.2) is 20.4 Å². The minimum absolute atomic E-state index is 0.0182. The average Bonchev–Trinajstić information content (AvgIpc) is 4.25. The zero-order chi connectivity index (χ0) is 54.7. The number of hydrogen-bond donors (Lipinski definition) is 3. The molecule has 418 valence electrons. The maximum Gasteiger partial charge on any atom is 0.508 e. The minimum atomic E-state index is -3.39. The number of amides is 2. The van der Waals surface area contributed by atoms with Crippen LogP contribution in [0.25, 0.3) is 21.7 Å². The van der Waals surface area contributed by atoms with E-state index in [1.165, 1.54) is 4.90 Å². The zero-order valence-corrected chi connectivity index (χ0v) is 47.3. The van der Waals surface area contributed by atoms with E-state index in [1.807, 2.05) is 75.7 Å². The van der Waals surface area contributed by atoms with Gasteiger partial charge in [-0.15, -0.1) is 21.5 Å². The van der Waals surface area contributed by atoms with Gasteiger partial charge in [0.05, 0.1) is 50.8 Å². The first-order valence-corrected chi connectivity index (χ1v) is 31.1. The van der Waals surface area contributed by atoms with Gasteiger partial charge in [-0.25, -0.2) is 18.2 Å². The van der Waals surface area contributed by atoms with Crippen molar-refractivity contribution in [1.29, 1.82) is 0 Å². The van der Waals surface area contributed by atoms with Gasteiger partial charge < -0.3 is 44.3 Å². The highest BCUT2D eigenvalue weighted by molar-refractivity contribution is 8.72. The Bertz CT molecular complexity index is 3040. The van der Waals surface area contributed by atoms with Crippen LogP contribution in [0.1, 0.15) is 88.3 Å². The van der Waals surface area contributed by atoms with Crippen LogP contribution in [0.4, 0.5) is 16.3 Å². The number of phenols is 1. The van der Waals surface area contributed by atoms with Crippen molar-refractivity contribution in [3.63, 3.8) is 0 Å². The number of piperazine rings is 1. The summed E-state index contributed by atoms with van der Waals surface area (Å²) >= 11 is 1.56.